The lowest BCUT2D eigenvalue weighted by Crippen LogP contribution is -3.12. The van der Waals surface area contributed by atoms with Crippen molar-refractivity contribution in [3.05, 3.63) is 69.9 Å². The van der Waals surface area contributed by atoms with Crippen LogP contribution in [0.2, 0.25) is 0 Å². The third kappa shape index (κ3) is 5.49. The van der Waals surface area contributed by atoms with Crippen LogP contribution < -0.4 is 15.8 Å². The number of aromatic nitrogens is 1. The predicted octanol–water partition coefficient (Wildman–Crippen LogP) is 2.23. The van der Waals surface area contributed by atoms with Gasteiger partial charge in [0.2, 0.25) is 0 Å². The van der Waals surface area contributed by atoms with Crippen LogP contribution in [0, 0.1) is 6.92 Å². The first kappa shape index (κ1) is 22.1. The second kappa shape index (κ2) is 10.4. The van der Waals surface area contributed by atoms with Crippen molar-refractivity contribution in [1.82, 2.24) is 15.2 Å². The molecule has 7 heteroatoms. The third-order valence-electron chi connectivity index (χ3n) is 5.54. The van der Waals surface area contributed by atoms with E-state index in [0.717, 1.165) is 48.4 Å². The van der Waals surface area contributed by atoms with E-state index in [2.05, 4.69) is 29.0 Å². The van der Waals surface area contributed by atoms with Crippen LogP contribution in [0.4, 0.5) is 0 Å². The zero-order valence-corrected chi connectivity index (χ0v) is 18.8. The lowest BCUT2D eigenvalue weighted by molar-refractivity contribution is -0.895. The largest absolute Gasteiger partial charge is 0.467 e. The van der Waals surface area contributed by atoms with E-state index < -0.39 is 0 Å². The number of thiocarbonyl (C=S) groups is 1. The summed E-state index contributed by atoms with van der Waals surface area (Å²) in [4.78, 5) is 19.4. The van der Waals surface area contributed by atoms with E-state index in [1.165, 1.54) is 4.90 Å². The van der Waals surface area contributed by atoms with E-state index in [1.807, 2.05) is 43.3 Å². The number of H-pyrrole nitrogens is 1. The highest BCUT2D eigenvalue weighted by atomic mass is 32.1. The molecule has 160 valence electrons. The number of fused-ring (bicyclic) bond motifs is 1. The van der Waals surface area contributed by atoms with Crippen LogP contribution in [0.3, 0.4) is 0 Å². The first-order chi connectivity index (χ1) is 14.5. The van der Waals surface area contributed by atoms with Gasteiger partial charge in [-0.3, -0.25) is 4.79 Å². The van der Waals surface area contributed by atoms with Gasteiger partial charge in [0.1, 0.15) is 5.76 Å². The van der Waals surface area contributed by atoms with Gasteiger partial charge >= 0.3 is 0 Å². The number of likely N-dealkylation sites (N-methyl/N-ethyl adjacent to an activating group) is 1. The number of hydrogen-bond donors (Lipinski definition) is 3. The monoisotopic (exact) mass is 427 g/mol. The Labute approximate surface area is 182 Å². The van der Waals surface area contributed by atoms with Gasteiger partial charge in [-0.15, -0.1) is 0 Å². The standard InChI is InChI=1S/C23H30N4O2S/c1-4-26(5-2)11-12-27(23(30)24-15-20-10-7-13-29-20)16-19-14-18-9-6-8-17(3)21(18)25-22(19)28/h6-10,13-14H,4-5,11-12,15-16H2,1-3H3,(H,24,30)(H,25,28)/p+1. The van der Waals surface area contributed by atoms with E-state index >= 15 is 0 Å². The van der Waals surface area contributed by atoms with Crippen molar-refractivity contribution in [2.24, 2.45) is 0 Å². The molecule has 0 spiro atoms. The van der Waals surface area contributed by atoms with Gasteiger partial charge in [-0.1, -0.05) is 18.2 Å². The maximum Gasteiger partial charge on any atom is 0.253 e. The molecule has 0 atom stereocenters. The van der Waals surface area contributed by atoms with Gasteiger partial charge in [-0.05, 0) is 62.1 Å². The van der Waals surface area contributed by atoms with Crippen LogP contribution in [0.25, 0.3) is 10.9 Å². The molecule has 0 aliphatic carbocycles. The second-order valence-corrected chi connectivity index (χ2v) is 7.92. The van der Waals surface area contributed by atoms with Crippen molar-refractivity contribution >= 4 is 28.2 Å². The molecule has 2 heterocycles. The predicted molar refractivity (Wildman–Crippen MR) is 125 cm³/mol. The minimum atomic E-state index is -0.0641. The molecular formula is C23H31N4O2S+. The molecule has 0 fully saturated rings. The molecule has 0 saturated heterocycles. The van der Waals surface area contributed by atoms with Gasteiger partial charge in [0.05, 0.1) is 51.0 Å². The zero-order valence-electron chi connectivity index (χ0n) is 18.0. The van der Waals surface area contributed by atoms with Crippen LogP contribution in [0.1, 0.15) is 30.7 Å². The van der Waals surface area contributed by atoms with Crippen LogP contribution in [-0.2, 0) is 13.1 Å². The fourth-order valence-corrected chi connectivity index (χ4v) is 3.82. The third-order valence-corrected chi connectivity index (χ3v) is 5.95. The van der Waals surface area contributed by atoms with Crippen LogP contribution in [-0.4, -0.2) is 41.2 Å². The van der Waals surface area contributed by atoms with E-state index in [1.54, 1.807) is 6.26 Å². The molecule has 3 rings (SSSR count). The van der Waals surface area contributed by atoms with Crippen molar-refractivity contribution in [1.29, 1.82) is 0 Å². The molecule has 0 amide bonds. The SMILES string of the molecule is CC[NH+](CC)CCN(Cc1cc2cccc(C)c2[nH]c1=O)C(=S)NCc1ccco1. The number of benzene rings is 1. The number of aryl methyl sites for hydroxylation is 1. The van der Waals surface area contributed by atoms with Crippen molar-refractivity contribution in [3.8, 4) is 0 Å². The molecule has 0 unspecified atom stereocenters. The normalized spacial score (nSPS) is 11.2. The smallest absolute Gasteiger partial charge is 0.253 e. The first-order valence-corrected chi connectivity index (χ1v) is 10.9. The maximum absolute atomic E-state index is 12.8. The van der Waals surface area contributed by atoms with Crippen molar-refractivity contribution < 1.29 is 9.32 Å². The molecule has 1 aromatic carbocycles. The zero-order chi connectivity index (χ0) is 21.5. The maximum atomic E-state index is 12.8. The Bertz CT molecular complexity index is 1030. The number of quaternary nitrogens is 1. The topological polar surface area (TPSA) is 65.7 Å². The van der Waals surface area contributed by atoms with Gasteiger partial charge in [0.15, 0.2) is 5.11 Å². The number of rotatable bonds is 9. The number of furan rings is 1. The Balaban J connectivity index is 1.80. The average Bonchev–Trinajstić information content (AvgIpc) is 3.26. The highest BCUT2D eigenvalue weighted by molar-refractivity contribution is 7.80. The minimum Gasteiger partial charge on any atom is -0.467 e. The summed E-state index contributed by atoms with van der Waals surface area (Å²) in [7, 11) is 0. The van der Waals surface area contributed by atoms with Crippen molar-refractivity contribution in [2.75, 3.05) is 26.2 Å². The Morgan fingerprint density at radius 1 is 1.23 bits per heavy atom. The molecular weight excluding hydrogens is 396 g/mol. The van der Waals surface area contributed by atoms with E-state index in [9.17, 15) is 4.79 Å². The summed E-state index contributed by atoms with van der Waals surface area (Å²) in [6, 6.07) is 11.8. The molecule has 0 aliphatic heterocycles. The molecule has 30 heavy (non-hydrogen) atoms. The lowest BCUT2D eigenvalue weighted by Gasteiger charge is -2.27. The highest BCUT2D eigenvalue weighted by Gasteiger charge is 2.16. The van der Waals surface area contributed by atoms with E-state index in [0.29, 0.717) is 23.8 Å². The van der Waals surface area contributed by atoms with Gasteiger partial charge in [-0.2, -0.15) is 0 Å². The first-order valence-electron chi connectivity index (χ1n) is 10.5. The van der Waals surface area contributed by atoms with Gasteiger partial charge in [0, 0.05) is 5.56 Å². The van der Waals surface area contributed by atoms with Crippen LogP contribution in [0.5, 0.6) is 0 Å². The number of nitrogens with zero attached hydrogens (tertiary/aromatic N) is 1. The Morgan fingerprint density at radius 3 is 2.73 bits per heavy atom. The van der Waals surface area contributed by atoms with Crippen LogP contribution in [0.15, 0.2) is 51.9 Å². The Hall–Kier alpha value is -2.64. The van der Waals surface area contributed by atoms with E-state index in [-0.39, 0.29) is 5.56 Å². The van der Waals surface area contributed by atoms with Gasteiger partial charge in [-0.25, -0.2) is 0 Å². The number of hydrogen-bond acceptors (Lipinski definition) is 3. The molecule has 0 radical (unpaired) electrons. The number of aromatic amines is 1. The lowest BCUT2D eigenvalue weighted by atomic mass is 10.1. The average molecular weight is 428 g/mol. The molecule has 0 aliphatic rings. The number of para-hydroxylation sites is 1. The fourth-order valence-electron chi connectivity index (χ4n) is 3.59. The van der Waals surface area contributed by atoms with Crippen molar-refractivity contribution in [2.45, 2.75) is 33.9 Å². The molecule has 6 nitrogen and oxygen atoms in total. The molecule has 3 N–H and O–H groups in total. The Morgan fingerprint density at radius 2 is 2.03 bits per heavy atom. The summed E-state index contributed by atoms with van der Waals surface area (Å²) < 4.78 is 5.39. The quantitative estimate of drug-likeness (QED) is 0.457. The van der Waals surface area contributed by atoms with E-state index in [4.69, 9.17) is 16.6 Å². The summed E-state index contributed by atoms with van der Waals surface area (Å²) in [6.45, 7) is 11.2. The molecule has 0 bridgehead atoms. The molecule has 3 aromatic rings. The highest BCUT2D eigenvalue weighted by Crippen LogP contribution is 2.15. The van der Waals surface area contributed by atoms with Gasteiger partial charge < -0.3 is 24.5 Å². The summed E-state index contributed by atoms with van der Waals surface area (Å²) in [5.74, 6) is 0.825. The van der Waals surface area contributed by atoms with Gasteiger partial charge in [0.25, 0.3) is 5.56 Å². The summed E-state index contributed by atoms with van der Waals surface area (Å²) in [6.07, 6.45) is 1.65. The molecule has 0 saturated carbocycles. The van der Waals surface area contributed by atoms with Crippen molar-refractivity contribution in [3.63, 3.8) is 0 Å². The Kier molecular flexibility index (Phi) is 7.65. The minimum absolute atomic E-state index is 0.0641. The number of nitrogens with one attached hydrogen (secondary N) is 3. The van der Waals surface area contributed by atoms with Crippen LogP contribution >= 0.6 is 12.2 Å². The second-order valence-electron chi connectivity index (χ2n) is 7.53. The number of pyridine rings is 1. The fraction of sp³-hybridized carbons (Fsp3) is 0.391. The summed E-state index contributed by atoms with van der Waals surface area (Å²) in [5, 5.41) is 4.94. The molecule has 2 aromatic heterocycles. The summed E-state index contributed by atoms with van der Waals surface area (Å²) in [5.41, 5.74) is 2.60. The summed E-state index contributed by atoms with van der Waals surface area (Å²) >= 11 is 5.68.